The predicted molar refractivity (Wildman–Crippen MR) is 132 cm³/mol. The van der Waals surface area contributed by atoms with Crippen LogP contribution in [0.15, 0.2) is 59.6 Å². The summed E-state index contributed by atoms with van der Waals surface area (Å²) in [7, 11) is 0. The van der Waals surface area contributed by atoms with Gasteiger partial charge in [-0.15, -0.1) is 0 Å². The van der Waals surface area contributed by atoms with Gasteiger partial charge in [0.05, 0.1) is 10.7 Å². The van der Waals surface area contributed by atoms with Crippen molar-refractivity contribution in [2.24, 2.45) is 4.99 Å². The Hall–Kier alpha value is -2.82. The average Bonchev–Trinajstić information content (AvgIpc) is 2.76. The highest BCUT2D eigenvalue weighted by molar-refractivity contribution is 6.35. The highest BCUT2D eigenvalue weighted by atomic mass is 35.5. The van der Waals surface area contributed by atoms with Crippen molar-refractivity contribution in [2.75, 3.05) is 4.90 Å². The van der Waals surface area contributed by atoms with Gasteiger partial charge >= 0.3 is 0 Å². The number of β-lactam (4-membered cyclic amide) rings is 1. The Bertz CT molecular complexity index is 1220. The van der Waals surface area contributed by atoms with E-state index in [1.165, 1.54) is 0 Å². The van der Waals surface area contributed by atoms with Gasteiger partial charge in [-0.2, -0.15) is 0 Å². The van der Waals surface area contributed by atoms with Crippen molar-refractivity contribution in [1.29, 1.82) is 0 Å². The van der Waals surface area contributed by atoms with Crippen molar-refractivity contribution < 1.29 is 9.53 Å². The minimum Gasteiger partial charge on any atom is -0.476 e. The van der Waals surface area contributed by atoms with Gasteiger partial charge in [0.1, 0.15) is 11.8 Å². The smallest absolute Gasteiger partial charge is 0.271 e. The van der Waals surface area contributed by atoms with Gasteiger partial charge < -0.3 is 4.74 Å². The number of ether oxygens (including phenoxy) is 1. The van der Waals surface area contributed by atoms with E-state index < -0.39 is 6.10 Å². The zero-order valence-electron chi connectivity index (χ0n) is 18.4. The predicted octanol–water partition coefficient (Wildman–Crippen LogP) is 6.79. The number of nitrogens with zero attached hydrogens (tertiary/aromatic N) is 2. The molecule has 1 amide bonds. The maximum Gasteiger partial charge on any atom is 0.271 e. The number of aliphatic imine (C=N–C) groups is 1. The van der Waals surface area contributed by atoms with Crippen molar-refractivity contribution in [3.8, 4) is 5.75 Å². The van der Waals surface area contributed by atoms with Crippen molar-refractivity contribution in [3.05, 3.63) is 86.9 Å². The number of carbonyl (C=O) groups excluding carboxylic acids is 1. The van der Waals surface area contributed by atoms with Crippen LogP contribution in [0.5, 0.6) is 5.75 Å². The first-order chi connectivity index (χ1) is 15.3. The minimum absolute atomic E-state index is 0.137. The molecule has 0 bridgehead atoms. The van der Waals surface area contributed by atoms with E-state index in [4.69, 9.17) is 32.9 Å². The number of benzene rings is 3. The Morgan fingerprint density at radius 3 is 2.34 bits per heavy atom. The third kappa shape index (κ3) is 4.13. The summed E-state index contributed by atoms with van der Waals surface area (Å²) < 4.78 is 6.05. The van der Waals surface area contributed by atoms with Gasteiger partial charge in [-0.1, -0.05) is 47.5 Å². The fourth-order valence-electron chi connectivity index (χ4n) is 3.76. The average molecular weight is 467 g/mol. The van der Waals surface area contributed by atoms with E-state index in [9.17, 15) is 4.79 Å². The normalized spacial score (nSPS) is 18.2. The molecule has 6 heteroatoms. The second-order valence-corrected chi connectivity index (χ2v) is 8.87. The number of halogens is 2. The monoisotopic (exact) mass is 466 g/mol. The highest BCUT2D eigenvalue weighted by Gasteiger charge is 2.50. The molecule has 1 heterocycles. The molecule has 0 unspecified atom stereocenters. The van der Waals surface area contributed by atoms with Crippen LogP contribution >= 0.6 is 23.2 Å². The number of amides is 1. The lowest BCUT2D eigenvalue weighted by Crippen LogP contribution is -2.68. The van der Waals surface area contributed by atoms with Gasteiger partial charge in [0, 0.05) is 16.9 Å². The summed E-state index contributed by atoms with van der Waals surface area (Å²) in [5, 5.41) is 0.869. The van der Waals surface area contributed by atoms with E-state index in [0.717, 1.165) is 33.6 Å². The number of carbonyl (C=O) groups is 1. The molecule has 3 aromatic carbocycles. The van der Waals surface area contributed by atoms with Crippen LogP contribution in [0.25, 0.3) is 0 Å². The third-order valence-electron chi connectivity index (χ3n) is 6.01. The first kappa shape index (κ1) is 22.4. The van der Waals surface area contributed by atoms with Crippen LogP contribution in [0.2, 0.25) is 10.0 Å². The molecule has 1 aliphatic heterocycles. The molecule has 1 saturated heterocycles. The molecule has 4 rings (SSSR count). The zero-order valence-corrected chi connectivity index (χ0v) is 19.9. The summed E-state index contributed by atoms with van der Waals surface area (Å²) in [6.45, 7) is 8.14. The van der Waals surface area contributed by atoms with Crippen LogP contribution < -0.4 is 9.64 Å². The Morgan fingerprint density at radius 2 is 1.62 bits per heavy atom. The largest absolute Gasteiger partial charge is 0.476 e. The van der Waals surface area contributed by atoms with Crippen molar-refractivity contribution in [1.82, 2.24) is 0 Å². The summed E-state index contributed by atoms with van der Waals surface area (Å²) in [5.41, 5.74) is 6.16. The zero-order chi connectivity index (χ0) is 23.0. The van der Waals surface area contributed by atoms with E-state index in [1.54, 1.807) is 29.3 Å². The first-order valence-corrected chi connectivity index (χ1v) is 11.1. The Morgan fingerprint density at radius 1 is 0.938 bits per heavy atom. The van der Waals surface area contributed by atoms with Gasteiger partial charge in [0.15, 0.2) is 0 Å². The van der Waals surface area contributed by atoms with E-state index in [0.29, 0.717) is 15.8 Å². The van der Waals surface area contributed by atoms with E-state index in [1.807, 2.05) is 51.1 Å². The number of aryl methyl sites for hydroxylation is 2. The SMILES string of the molecule is Cc1cccc(N=C[C@H]2[C@@H](Oc3ccc(Cl)cc3Cl)C(=O)N2c2cccc(C)c2C)c1C. The second kappa shape index (κ2) is 8.97. The summed E-state index contributed by atoms with van der Waals surface area (Å²) in [6, 6.07) is 16.5. The summed E-state index contributed by atoms with van der Waals surface area (Å²) >= 11 is 12.3. The Balaban J connectivity index is 1.71. The van der Waals surface area contributed by atoms with E-state index >= 15 is 0 Å². The van der Waals surface area contributed by atoms with Crippen molar-refractivity contribution >= 4 is 46.7 Å². The first-order valence-electron chi connectivity index (χ1n) is 10.4. The Kier molecular flexibility index (Phi) is 6.27. The third-order valence-corrected chi connectivity index (χ3v) is 6.55. The summed E-state index contributed by atoms with van der Waals surface area (Å²) in [6.07, 6.45) is 1.06. The van der Waals surface area contributed by atoms with Crippen molar-refractivity contribution in [3.63, 3.8) is 0 Å². The minimum atomic E-state index is -0.734. The molecule has 0 aliphatic carbocycles. The maximum atomic E-state index is 13.2. The standard InChI is InChI=1S/C26H24Cl2N2O2/c1-15-7-5-9-21(17(15)3)29-14-23-25(32-24-12-11-19(27)13-20(24)28)26(31)30(23)22-10-6-8-16(2)18(22)4/h5-14,23,25H,1-4H3/t23-,25+/m0/s1. The van der Waals surface area contributed by atoms with Crippen LogP contribution in [-0.4, -0.2) is 24.3 Å². The van der Waals surface area contributed by atoms with E-state index in [-0.39, 0.29) is 11.9 Å². The fraction of sp³-hybridized carbons (Fsp3) is 0.231. The van der Waals surface area contributed by atoms with Gasteiger partial charge in [-0.25, -0.2) is 0 Å². The van der Waals surface area contributed by atoms with E-state index in [2.05, 4.69) is 13.0 Å². The lowest BCUT2D eigenvalue weighted by molar-refractivity contribution is -0.132. The molecule has 0 aromatic heterocycles. The quantitative estimate of drug-likeness (QED) is 0.306. The van der Waals surface area contributed by atoms with Crippen LogP contribution in [0, 0.1) is 27.7 Å². The molecule has 0 radical (unpaired) electrons. The molecular formula is C26H24Cl2N2O2. The molecule has 164 valence electrons. The van der Waals surface area contributed by atoms with Crippen molar-refractivity contribution in [2.45, 2.75) is 39.8 Å². The molecule has 2 atom stereocenters. The molecule has 3 aromatic rings. The number of anilines is 1. The topological polar surface area (TPSA) is 41.9 Å². The maximum absolute atomic E-state index is 13.2. The van der Waals surface area contributed by atoms with Gasteiger partial charge in [-0.05, 0) is 80.3 Å². The fourth-order valence-corrected chi connectivity index (χ4v) is 4.22. The molecule has 1 fully saturated rings. The molecule has 0 N–H and O–H groups in total. The van der Waals surface area contributed by atoms with Crippen LogP contribution in [0.4, 0.5) is 11.4 Å². The molecule has 0 spiro atoms. The Labute approximate surface area is 198 Å². The molecule has 1 aliphatic rings. The van der Waals surface area contributed by atoms with Gasteiger partial charge in [0.25, 0.3) is 5.91 Å². The molecule has 0 saturated carbocycles. The number of hydrogen-bond acceptors (Lipinski definition) is 3. The lowest BCUT2D eigenvalue weighted by Gasteiger charge is -2.45. The van der Waals surface area contributed by atoms with Gasteiger partial charge in [0.2, 0.25) is 6.10 Å². The molecule has 32 heavy (non-hydrogen) atoms. The summed E-state index contributed by atoms with van der Waals surface area (Å²) in [5.74, 6) is 0.280. The van der Waals surface area contributed by atoms with Crippen LogP contribution in [0.1, 0.15) is 22.3 Å². The number of rotatable bonds is 5. The number of hydrogen-bond donors (Lipinski definition) is 0. The molecule has 4 nitrogen and oxygen atoms in total. The van der Waals surface area contributed by atoms with Crippen LogP contribution in [-0.2, 0) is 4.79 Å². The van der Waals surface area contributed by atoms with Gasteiger partial charge in [-0.3, -0.25) is 14.7 Å². The second-order valence-electron chi connectivity index (χ2n) is 8.03. The van der Waals surface area contributed by atoms with Crippen LogP contribution in [0.3, 0.4) is 0 Å². The molecular weight excluding hydrogens is 443 g/mol. The summed E-state index contributed by atoms with van der Waals surface area (Å²) in [4.78, 5) is 19.7. The highest BCUT2D eigenvalue weighted by Crippen LogP contribution is 2.36. The lowest BCUT2D eigenvalue weighted by atomic mass is 9.95.